The predicted octanol–water partition coefficient (Wildman–Crippen LogP) is 3.94. The largest absolute Gasteiger partial charge is 0.301 e. The molecular formula is C8H8ClIOS. The molecule has 12 heavy (non-hydrogen) atoms. The highest BCUT2D eigenvalue weighted by molar-refractivity contribution is 14.2. The summed E-state index contributed by atoms with van der Waals surface area (Å²) in [5.74, 6) is 0.572. The number of hydrogen-bond acceptors (Lipinski definition) is 2. The molecule has 1 aromatic carbocycles. The second-order valence-corrected chi connectivity index (χ2v) is 3.98. The Kier molecular flexibility index (Phi) is 5.38. The van der Waals surface area contributed by atoms with Crippen LogP contribution in [0.15, 0.2) is 24.3 Å². The Morgan fingerprint density at radius 3 is 2.33 bits per heavy atom. The van der Waals surface area contributed by atoms with E-state index in [1.54, 1.807) is 0 Å². The number of benzene rings is 1. The molecule has 0 aliphatic rings. The molecule has 1 nitrogen and oxygen atoms in total. The van der Waals surface area contributed by atoms with E-state index in [0.29, 0.717) is 12.5 Å². The van der Waals surface area contributed by atoms with Crippen molar-refractivity contribution in [2.75, 3.05) is 0 Å². The molecule has 1 rings (SSSR count). The third-order valence-corrected chi connectivity index (χ3v) is 2.73. The molecule has 0 unspecified atom stereocenters. The van der Waals surface area contributed by atoms with Crippen LogP contribution in [-0.2, 0) is 16.7 Å². The molecule has 0 N–H and O–H groups in total. The van der Waals surface area contributed by atoms with E-state index in [1.165, 1.54) is 14.8 Å². The van der Waals surface area contributed by atoms with Gasteiger partial charge in [-0.2, -0.15) is 0 Å². The van der Waals surface area contributed by atoms with Crippen LogP contribution in [-0.4, -0.2) is 0 Å². The minimum atomic E-state index is 0.572. The third kappa shape index (κ3) is 3.51. The molecule has 0 atom stereocenters. The minimum absolute atomic E-state index is 0.572. The summed E-state index contributed by atoms with van der Waals surface area (Å²) in [5.41, 5.74) is 2.32. The first-order chi connectivity index (χ1) is 5.86. The van der Waals surface area contributed by atoms with Crippen molar-refractivity contribution in [2.24, 2.45) is 0 Å². The Morgan fingerprint density at radius 2 is 1.83 bits per heavy atom. The van der Waals surface area contributed by atoms with E-state index in [9.17, 15) is 0 Å². The van der Waals surface area contributed by atoms with Crippen molar-refractivity contribution < 1.29 is 4.18 Å². The summed E-state index contributed by atoms with van der Waals surface area (Å²) in [7, 11) is 1.35. The monoisotopic (exact) mass is 314 g/mol. The van der Waals surface area contributed by atoms with Crippen LogP contribution >= 0.6 is 42.0 Å². The SMILES string of the molecule is ClCc1ccc(COSI)cc1. The molecule has 1 aromatic rings. The van der Waals surface area contributed by atoms with Crippen molar-refractivity contribution in [3.8, 4) is 0 Å². The van der Waals surface area contributed by atoms with Gasteiger partial charge in [0.05, 0.1) is 15.8 Å². The zero-order valence-electron chi connectivity index (χ0n) is 6.30. The van der Waals surface area contributed by atoms with Gasteiger partial charge >= 0.3 is 0 Å². The molecule has 0 fully saturated rings. The lowest BCUT2D eigenvalue weighted by atomic mass is 10.2. The van der Waals surface area contributed by atoms with Gasteiger partial charge in [-0.1, -0.05) is 24.3 Å². The van der Waals surface area contributed by atoms with Crippen LogP contribution in [0.5, 0.6) is 0 Å². The predicted molar refractivity (Wildman–Crippen MR) is 62.4 cm³/mol. The molecule has 0 aromatic heterocycles. The third-order valence-electron chi connectivity index (χ3n) is 1.45. The Labute approximate surface area is 93.6 Å². The van der Waals surface area contributed by atoms with Gasteiger partial charge in [0.15, 0.2) is 0 Å². The highest BCUT2D eigenvalue weighted by Crippen LogP contribution is 2.16. The first-order valence-electron chi connectivity index (χ1n) is 3.41. The molecule has 0 spiro atoms. The smallest absolute Gasteiger partial charge is 0.0874 e. The maximum absolute atomic E-state index is 5.65. The lowest BCUT2D eigenvalue weighted by Gasteiger charge is -2.00. The first kappa shape index (κ1) is 10.6. The van der Waals surface area contributed by atoms with Gasteiger partial charge in [-0.05, 0) is 11.1 Å². The number of rotatable bonds is 4. The standard InChI is InChI=1S/C8H8ClIOS/c9-5-7-1-3-8(4-2-7)6-11-12-10/h1-4H,5-6H2. The molecule has 66 valence electrons. The fourth-order valence-corrected chi connectivity index (χ4v) is 1.56. The highest BCUT2D eigenvalue weighted by atomic mass is 127. The lowest BCUT2D eigenvalue weighted by molar-refractivity contribution is 0.371. The van der Waals surface area contributed by atoms with Crippen LogP contribution in [0.25, 0.3) is 0 Å². The van der Waals surface area contributed by atoms with E-state index < -0.39 is 0 Å². The zero-order chi connectivity index (χ0) is 8.81. The minimum Gasteiger partial charge on any atom is -0.301 e. The molecule has 0 amide bonds. The second kappa shape index (κ2) is 6.07. The van der Waals surface area contributed by atoms with Gasteiger partial charge in [0.25, 0.3) is 0 Å². The van der Waals surface area contributed by atoms with Crippen LogP contribution in [0.2, 0.25) is 0 Å². The highest BCUT2D eigenvalue weighted by Gasteiger charge is 1.93. The average molecular weight is 315 g/mol. The Morgan fingerprint density at radius 1 is 1.25 bits per heavy atom. The van der Waals surface area contributed by atoms with Crippen LogP contribution in [0.4, 0.5) is 0 Å². The Bertz CT molecular complexity index is 227. The summed E-state index contributed by atoms with van der Waals surface area (Å²) >= 11 is 7.75. The van der Waals surface area contributed by atoms with Crippen molar-refractivity contribution in [1.29, 1.82) is 0 Å². The van der Waals surface area contributed by atoms with Gasteiger partial charge in [-0.3, -0.25) is 0 Å². The van der Waals surface area contributed by atoms with Crippen LogP contribution in [0, 0.1) is 0 Å². The fourth-order valence-electron chi connectivity index (χ4n) is 0.815. The Hall–Kier alpha value is 0.550. The van der Waals surface area contributed by atoms with Gasteiger partial charge in [0.1, 0.15) is 0 Å². The molecular weight excluding hydrogens is 307 g/mol. The van der Waals surface area contributed by atoms with Crippen LogP contribution < -0.4 is 0 Å². The summed E-state index contributed by atoms with van der Waals surface area (Å²) in [5, 5.41) is 0. The first-order valence-corrected chi connectivity index (χ1v) is 7.22. The van der Waals surface area contributed by atoms with E-state index >= 15 is 0 Å². The molecule has 0 radical (unpaired) electrons. The van der Waals surface area contributed by atoms with Crippen molar-refractivity contribution in [2.45, 2.75) is 12.5 Å². The molecule has 0 aliphatic heterocycles. The maximum atomic E-state index is 5.65. The summed E-state index contributed by atoms with van der Waals surface area (Å²) in [4.78, 5) is 0. The zero-order valence-corrected chi connectivity index (χ0v) is 10.0. The molecule has 4 heteroatoms. The summed E-state index contributed by atoms with van der Waals surface area (Å²) in [6, 6.07) is 8.10. The molecule has 0 saturated carbocycles. The molecule has 0 bridgehead atoms. The lowest BCUT2D eigenvalue weighted by Crippen LogP contribution is -1.85. The molecule has 0 saturated heterocycles. The normalized spacial score (nSPS) is 10.2. The van der Waals surface area contributed by atoms with Crippen LogP contribution in [0.1, 0.15) is 11.1 Å². The Balaban J connectivity index is 2.53. The van der Waals surface area contributed by atoms with E-state index in [0.717, 1.165) is 5.56 Å². The molecule has 0 aliphatic carbocycles. The topological polar surface area (TPSA) is 9.23 Å². The van der Waals surface area contributed by atoms with Gasteiger partial charge < -0.3 is 4.18 Å². The van der Waals surface area contributed by atoms with Crippen molar-refractivity contribution >= 4 is 42.0 Å². The number of hydrogen-bond donors (Lipinski definition) is 0. The fraction of sp³-hybridized carbons (Fsp3) is 0.250. The quantitative estimate of drug-likeness (QED) is 0.473. The maximum Gasteiger partial charge on any atom is 0.0874 e. The summed E-state index contributed by atoms with van der Waals surface area (Å²) in [6.07, 6.45) is 0. The summed E-state index contributed by atoms with van der Waals surface area (Å²) in [6.45, 7) is 0.649. The van der Waals surface area contributed by atoms with Crippen molar-refractivity contribution in [3.05, 3.63) is 35.4 Å². The number of alkyl halides is 1. The van der Waals surface area contributed by atoms with E-state index in [-0.39, 0.29) is 0 Å². The van der Waals surface area contributed by atoms with Gasteiger partial charge in [0, 0.05) is 27.1 Å². The molecule has 0 heterocycles. The van der Waals surface area contributed by atoms with Crippen molar-refractivity contribution in [3.63, 3.8) is 0 Å². The van der Waals surface area contributed by atoms with E-state index in [2.05, 4.69) is 21.2 Å². The van der Waals surface area contributed by atoms with E-state index in [1.807, 2.05) is 24.3 Å². The van der Waals surface area contributed by atoms with Gasteiger partial charge in [0.2, 0.25) is 0 Å². The van der Waals surface area contributed by atoms with Gasteiger partial charge in [-0.25, -0.2) is 0 Å². The van der Waals surface area contributed by atoms with E-state index in [4.69, 9.17) is 15.8 Å². The van der Waals surface area contributed by atoms with Gasteiger partial charge in [-0.15, -0.1) is 11.6 Å². The average Bonchev–Trinajstić information content (AvgIpc) is 2.15. The second-order valence-electron chi connectivity index (χ2n) is 2.28. The number of halogens is 2. The van der Waals surface area contributed by atoms with Crippen LogP contribution in [0.3, 0.4) is 0 Å². The summed E-state index contributed by atoms with van der Waals surface area (Å²) < 4.78 is 5.16. The van der Waals surface area contributed by atoms with Crippen molar-refractivity contribution in [1.82, 2.24) is 0 Å².